The van der Waals surface area contributed by atoms with Crippen LogP contribution in [0.1, 0.15) is 15.4 Å². The summed E-state index contributed by atoms with van der Waals surface area (Å²) in [4.78, 5) is 10.9. The van der Waals surface area contributed by atoms with E-state index in [1.807, 2.05) is 31.2 Å². The van der Waals surface area contributed by atoms with Crippen LogP contribution in [0, 0.1) is 6.92 Å². The molecule has 0 spiro atoms. The van der Waals surface area contributed by atoms with Crippen molar-refractivity contribution in [2.24, 2.45) is 5.73 Å². The number of aryl methyl sites for hydroxylation is 1. The van der Waals surface area contributed by atoms with E-state index >= 15 is 0 Å². The fourth-order valence-electron chi connectivity index (χ4n) is 1.24. The Hall–Kier alpha value is -1.75. The summed E-state index contributed by atoms with van der Waals surface area (Å²) in [5, 5.41) is 8.63. The Morgan fingerprint density at radius 2 is 2.07 bits per heavy atom. The summed E-state index contributed by atoms with van der Waals surface area (Å²) in [6, 6.07) is 7.81. The van der Waals surface area contributed by atoms with Crippen molar-refractivity contribution < 1.29 is 4.79 Å². The molecular formula is C10H9N3OS. The molecule has 1 amide bonds. The zero-order valence-corrected chi connectivity index (χ0v) is 8.91. The molecule has 15 heavy (non-hydrogen) atoms. The van der Waals surface area contributed by atoms with E-state index in [0.717, 1.165) is 16.1 Å². The quantitative estimate of drug-likeness (QED) is 0.834. The summed E-state index contributed by atoms with van der Waals surface area (Å²) in [5.74, 6) is -0.535. The number of primary amides is 1. The molecule has 0 aliphatic carbocycles. The second-order valence-corrected chi connectivity index (χ2v) is 4.07. The van der Waals surface area contributed by atoms with Gasteiger partial charge in [0.25, 0.3) is 5.91 Å². The number of hydrogen-bond acceptors (Lipinski definition) is 4. The van der Waals surface area contributed by atoms with Crippen molar-refractivity contribution in [1.29, 1.82) is 0 Å². The third kappa shape index (κ3) is 1.87. The van der Waals surface area contributed by atoms with Crippen LogP contribution >= 0.6 is 11.3 Å². The van der Waals surface area contributed by atoms with Crippen molar-refractivity contribution >= 4 is 17.2 Å². The van der Waals surface area contributed by atoms with E-state index in [0.29, 0.717) is 0 Å². The van der Waals surface area contributed by atoms with Crippen LogP contribution in [0.4, 0.5) is 0 Å². The minimum absolute atomic E-state index is 0.244. The highest BCUT2D eigenvalue weighted by Gasteiger charge is 2.11. The van der Waals surface area contributed by atoms with Gasteiger partial charge in [0.05, 0.1) is 0 Å². The van der Waals surface area contributed by atoms with Gasteiger partial charge in [0, 0.05) is 5.56 Å². The van der Waals surface area contributed by atoms with Crippen molar-refractivity contribution in [3.05, 3.63) is 34.8 Å². The Morgan fingerprint density at radius 1 is 1.33 bits per heavy atom. The molecule has 0 fully saturated rings. The van der Waals surface area contributed by atoms with Gasteiger partial charge in [0.1, 0.15) is 5.01 Å². The highest BCUT2D eigenvalue weighted by molar-refractivity contribution is 7.16. The van der Waals surface area contributed by atoms with Gasteiger partial charge in [-0.1, -0.05) is 35.6 Å². The van der Waals surface area contributed by atoms with Gasteiger partial charge in [-0.3, -0.25) is 4.79 Å². The normalized spacial score (nSPS) is 10.2. The van der Waals surface area contributed by atoms with Crippen LogP contribution in [0.3, 0.4) is 0 Å². The zero-order valence-electron chi connectivity index (χ0n) is 8.10. The monoisotopic (exact) mass is 219 g/mol. The maximum atomic E-state index is 10.9. The Labute approximate surface area is 90.8 Å². The maximum absolute atomic E-state index is 10.9. The molecule has 5 heteroatoms. The standard InChI is InChI=1S/C10H9N3OS/c1-6-4-2-3-5-7(6)9-12-13-10(15-9)8(11)14/h2-5H,1H3,(H2,11,14). The smallest absolute Gasteiger partial charge is 0.279 e. The van der Waals surface area contributed by atoms with E-state index in [4.69, 9.17) is 5.73 Å². The van der Waals surface area contributed by atoms with Gasteiger partial charge in [-0.05, 0) is 12.5 Å². The van der Waals surface area contributed by atoms with Crippen LogP contribution in [0.5, 0.6) is 0 Å². The van der Waals surface area contributed by atoms with Gasteiger partial charge >= 0.3 is 0 Å². The van der Waals surface area contributed by atoms with E-state index < -0.39 is 5.91 Å². The third-order valence-corrected chi connectivity index (χ3v) is 2.98. The molecule has 2 N–H and O–H groups in total. The Balaban J connectivity index is 2.46. The van der Waals surface area contributed by atoms with E-state index in [9.17, 15) is 4.79 Å². The number of rotatable bonds is 2. The number of nitrogens with zero attached hydrogens (tertiary/aromatic N) is 2. The second kappa shape index (κ2) is 3.78. The largest absolute Gasteiger partial charge is 0.363 e. The average molecular weight is 219 g/mol. The number of benzene rings is 1. The number of amides is 1. The van der Waals surface area contributed by atoms with E-state index in [-0.39, 0.29) is 5.01 Å². The van der Waals surface area contributed by atoms with Crippen LogP contribution in [-0.2, 0) is 0 Å². The number of carbonyl (C=O) groups excluding carboxylic acids is 1. The lowest BCUT2D eigenvalue weighted by atomic mass is 10.1. The first-order chi connectivity index (χ1) is 7.18. The number of nitrogens with two attached hydrogens (primary N) is 1. The lowest BCUT2D eigenvalue weighted by Crippen LogP contribution is -2.10. The first kappa shape index (κ1) is 9.79. The summed E-state index contributed by atoms with van der Waals surface area (Å²) < 4.78 is 0. The Kier molecular flexibility index (Phi) is 2.47. The molecule has 0 saturated heterocycles. The molecule has 0 atom stereocenters. The van der Waals surface area contributed by atoms with Gasteiger partial charge in [-0.2, -0.15) is 0 Å². The molecule has 0 unspecified atom stereocenters. The second-order valence-electron chi connectivity index (χ2n) is 3.09. The summed E-state index contributed by atoms with van der Waals surface area (Å²) in [5.41, 5.74) is 7.20. The first-order valence-electron chi connectivity index (χ1n) is 4.38. The average Bonchev–Trinajstić information content (AvgIpc) is 2.67. The molecule has 0 radical (unpaired) electrons. The SMILES string of the molecule is Cc1ccccc1-c1nnc(C(N)=O)s1. The summed E-state index contributed by atoms with van der Waals surface area (Å²) in [7, 11) is 0. The summed E-state index contributed by atoms with van der Waals surface area (Å²) in [6.07, 6.45) is 0. The van der Waals surface area contributed by atoms with E-state index in [1.54, 1.807) is 0 Å². The zero-order chi connectivity index (χ0) is 10.8. The molecule has 2 rings (SSSR count). The van der Waals surface area contributed by atoms with Crippen molar-refractivity contribution in [2.75, 3.05) is 0 Å². The van der Waals surface area contributed by atoms with Crippen molar-refractivity contribution in [2.45, 2.75) is 6.92 Å². The van der Waals surface area contributed by atoms with E-state index in [2.05, 4.69) is 10.2 Å². The van der Waals surface area contributed by atoms with Crippen LogP contribution in [0.2, 0.25) is 0 Å². The molecule has 0 aliphatic heterocycles. The molecule has 0 aliphatic rings. The molecule has 2 aromatic rings. The van der Waals surface area contributed by atoms with Gasteiger partial charge in [-0.25, -0.2) is 0 Å². The molecule has 1 aromatic carbocycles. The summed E-state index contributed by atoms with van der Waals surface area (Å²) >= 11 is 1.21. The van der Waals surface area contributed by atoms with Crippen LogP contribution in [0.25, 0.3) is 10.6 Å². The number of carbonyl (C=O) groups is 1. The maximum Gasteiger partial charge on any atom is 0.279 e. The lowest BCUT2D eigenvalue weighted by molar-refractivity contribution is 0.0999. The van der Waals surface area contributed by atoms with Crippen molar-refractivity contribution in [3.63, 3.8) is 0 Å². The molecule has 1 aromatic heterocycles. The first-order valence-corrected chi connectivity index (χ1v) is 5.19. The molecular weight excluding hydrogens is 210 g/mol. The van der Waals surface area contributed by atoms with Gasteiger partial charge in [0.15, 0.2) is 0 Å². The van der Waals surface area contributed by atoms with Crippen LogP contribution in [0.15, 0.2) is 24.3 Å². The molecule has 0 bridgehead atoms. The summed E-state index contributed by atoms with van der Waals surface area (Å²) in [6.45, 7) is 1.99. The fourth-order valence-corrected chi connectivity index (χ4v) is 2.03. The van der Waals surface area contributed by atoms with Crippen LogP contribution < -0.4 is 5.73 Å². The minimum atomic E-state index is -0.535. The lowest BCUT2D eigenvalue weighted by Gasteiger charge is -1.98. The minimum Gasteiger partial charge on any atom is -0.363 e. The Bertz CT molecular complexity index is 507. The van der Waals surface area contributed by atoms with Gasteiger partial charge in [-0.15, -0.1) is 10.2 Å². The molecule has 76 valence electrons. The molecule has 4 nitrogen and oxygen atoms in total. The highest BCUT2D eigenvalue weighted by Crippen LogP contribution is 2.25. The van der Waals surface area contributed by atoms with Crippen molar-refractivity contribution in [1.82, 2.24) is 10.2 Å². The fraction of sp³-hybridized carbons (Fsp3) is 0.100. The van der Waals surface area contributed by atoms with Gasteiger partial charge in [0.2, 0.25) is 5.01 Å². The number of aromatic nitrogens is 2. The van der Waals surface area contributed by atoms with Crippen LogP contribution in [-0.4, -0.2) is 16.1 Å². The predicted octanol–water partition coefficient (Wildman–Crippen LogP) is 1.61. The number of hydrogen-bond donors (Lipinski definition) is 1. The van der Waals surface area contributed by atoms with Gasteiger partial charge < -0.3 is 5.73 Å². The highest BCUT2D eigenvalue weighted by atomic mass is 32.1. The van der Waals surface area contributed by atoms with Crippen molar-refractivity contribution in [3.8, 4) is 10.6 Å². The van der Waals surface area contributed by atoms with E-state index in [1.165, 1.54) is 11.3 Å². The Morgan fingerprint density at radius 3 is 2.67 bits per heavy atom. The molecule has 1 heterocycles. The third-order valence-electron chi connectivity index (χ3n) is 2.01. The predicted molar refractivity (Wildman–Crippen MR) is 58.6 cm³/mol. The topological polar surface area (TPSA) is 68.9 Å². The molecule has 0 saturated carbocycles.